The number of hydrogen-bond donors (Lipinski definition) is 0. The molecule has 0 saturated heterocycles. The summed E-state index contributed by atoms with van der Waals surface area (Å²) in [6.07, 6.45) is 3.71. The highest BCUT2D eigenvalue weighted by Gasteiger charge is 2.24. The van der Waals surface area contributed by atoms with Gasteiger partial charge in [0.15, 0.2) is 5.82 Å². The second-order valence-electron chi connectivity index (χ2n) is 36.3. The van der Waals surface area contributed by atoms with E-state index in [2.05, 4.69) is 457 Å². The second-order valence-corrected chi connectivity index (χ2v) is 38.4. The fourth-order valence-electron chi connectivity index (χ4n) is 21.0. The van der Waals surface area contributed by atoms with Crippen molar-refractivity contribution >= 4 is 150 Å². The molecule has 0 aliphatic heterocycles. The zero-order valence-corrected chi connectivity index (χ0v) is 79.3. The molecule has 144 heavy (non-hydrogen) atoms. The number of thiophene rings is 2. The fourth-order valence-corrected chi connectivity index (χ4v) is 23.4. The van der Waals surface area contributed by atoms with Gasteiger partial charge in [0.05, 0.1) is 55.9 Å². The lowest BCUT2D eigenvalue weighted by molar-refractivity contribution is 0.670. The molecule has 0 aliphatic carbocycles. The van der Waals surface area contributed by atoms with Gasteiger partial charge in [-0.05, 0) is 170 Å². The van der Waals surface area contributed by atoms with Crippen molar-refractivity contribution in [3.05, 3.63) is 504 Å². The minimum absolute atomic E-state index is 0.639. The molecule has 20 aromatic carbocycles. The second kappa shape index (κ2) is 35.9. The summed E-state index contributed by atoms with van der Waals surface area (Å²) in [5, 5.41) is 14.7. The third-order valence-corrected chi connectivity index (χ3v) is 30.3. The van der Waals surface area contributed by atoms with Crippen LogP contribution in [0.5, 0.6) is 0 Å². The molecule has 674 valence electrons. The molecule has 9 heterocycles. The maximum absolute atomic E-state index is 6.40. The van der Waals surface area contributed by atoms with Crippen molar-refractivity contribution < 1.29 is 4.42 Å². The van der Waals surface area contributed by atoms with Crippen molar-refractivity contribution in [1.82, 2.24) is 43.6 Å². The summed E-state index contributed by atoms with van der Waals surface area (Å²) >= 11 is 3.74. The van der Waals surface area contributed by atoms with Gasteiger partial charge < -0.3 is 8.98 Å². The van der Waals surface area contributed by atoms with Gasteiger partial charge in [-0.1, -0.05) is 382 Å². The molecule has 0 aliphatic rings. The first-order valence-electron chi connectivity index (χ1n) is 48.4. The van der Waals surface area contributed by atoms with Crippen molar-refractivity contribution in [2.24, 2.45) is 0 Å². The average molecular weight is 1880 g/mol. The number of furan rings is 1. The van der Waals surface area contributed by atoms with E-state index in [0.29, 0.717) is 17.7 Å². The van der Waals surface area contributed by atoms with E-state index in [1.54, 1.807) is 0 Å². The van der Waals surface area contributed by atoms with Crippen LogP contribution in [0.2, 0.25) is 0 Å². The number of rotatable bonds is 14. The molecule has 0 fully saturated rings. The third kappa shape index (κ3) is 15.2. The van der Waals surface area contributed by atoms with E-state index in [9.17, 15) is 0 Å². The van der Waals surface area contributed by atoms with Crippen LogP contribution in [-0.4, -0.2) is 43.6 Å². The summed E-state index contributed by atoms with van der Waals surface area (Å²) in [4.78, 5) is 30.0. The lowest BCUT2D eigenvalue weighted by atomic mass is 9.98. The number of hydrogen-bond acceptors (Lipinski definition) is 9. The molecular weight excluding hydrogens is 1790 g/mol. The predicted molar refractivity (Wildman–Crippen MR) is 602 cm³/mol. The molecule has 0 amide bonds. The minimum atomic E-state index is 0.639. The van der Waals surface area contributed by atoms with Gasteiger partial charge in [0.2, 0.25) is 11.9 Å². The Morgan fingerprint density at radius 2 is 0.521 bits per heavy atom. The van der Waals surface area contributed by atoms with Crippen LogP contribution in [0.3, 0.4) is 0 Å². The van der Waals surface area contributed by atoms with E-state index in [1.165, 1.54) is 123 Å². The molecule has 0 spiro atoms. The van der Waals surface area contributed by atoms with Gasteiger partial charge in [0, 0.05) is 135 Å². The van der Waals surface area contributed by atoms with Crippen LogP contribution in [0.4, 0.5) is 0 Å². The van der Waals surface area contributed by atoms with Crippen molar-refractivity contribution in [2.75, 3.05) is 0 Å². The molecule has 0 bridgehead atoms. The zero-order valence-electron chi connectivity index (χ0n) is 77.7. The highest BCUT2D eigenvalue weighted by Crippen LogP contribution is 2.48. The van der Waals surface area contributed by atoms with E-state index in [1.807, 2.05) is 83.6 Å². The topological polar surface area (TPSA) is 105 Å². The number of fused-ring (bicyclic) bond motifs is 18. The Balaban J connectivity index is 0.000000108. The Bertz CT molecular complexity index is 9980. The summed E-state index contributed by atoms with van der Waals surface area (Å²) in [6, 6.07) is 174. The van der Waals surface area contributed by atoms with Crippen LogP contribution in [0.15, 0.2) is 508 Å². The van der Waals surface area contributed by atoms with Gasteiger partial charge in [0.25, 0.3) is 0 Å². The van der Waals surface area contributed by atoms with Gasteiger partial charge in [-0.25, -0.2) is 29.9 Å². The molecule has 9 aromatic heterocycles. The monoisotopic (exact) mass is 1870 g/mol. The van der Waals surface area contributed by atoms with Gasteiger partial charge >= 0.3 is 0 Å². The van der Waals surface area contributed by atoms with Gasteiger partial charge in [0.1, 0.15) is 11.2 Å². The summed E-state index contributed by atoms with van der Waals surface area (Å²) in [5.74, 6) is 2.01. The Hall–Kier alpha value is -18.7. The normalized spacial score (nSPS) is 11.6. The van der Waals surface area contributed by atoms with Crippen LogP contribution in [0, 0.1) is 0 Å². The molecule has 12 heteroatoms. The lowest BCUT2D eigenvalue weighted by Gasteiger charge is -2.12. The summed E-state index contributed by atoms with van der Waals surface area (Å²) < 4.78 is 18.4. The summed E-state index contributed by atoms with van der Waals surface area (Å²) in [5.41, 5.74) is 32.6. The van der Waals surface area contributed by atoms with Crippen LogP contribution < -0.4 is 0 Å². The minimum Gasteiger partial charge on any atom is -0.455 e. The van der Waals surface area contributed by atoms with Crippen molar-refractivity contribution in [3.63, 3.8) is 0 Å². The third-order valence-electron chi connectivity index (χ3n) is 27.8. The molecule has 0 atom stereocenters. The van der Waals surface area contributed by atoms with Gasteiger partial charge in [-0.2, -0.15) is 0 Å². The SMILES string of the molecule is c1ccc(-c2cc(-c3ccccc3)nc(-c3cccc(-n4c5ccccc5c5cc(-c6cccc7c6sc6ccccc67)ccc54)c3)n2)cc1.c1ccc(-c2ccc(-c3ccnc(-n4c5ccccc5c5cc(-c6cccc7c6sc6ccccc67)ccc54)n3)cc2)cc1.c1ccc(-c2cccc(-c3ccc(-c4ccnc(-n5c6ccccc6c6cc(-c7cccc8c7oc7ccccc78)ccc65)n4)cc3)c2)cc1. The molecule has 29 aromatic rings. The van der Waals surface area contributed by atoms with Crippen LogP contribution in [0.1, 0.15) is 0 Å². The molecule has 0 radical (unpaired) electrons. The van der Waals surface area contributed by atoms with E-state index in [4.69, 9.17) is 34.3 Å². The van der Waals surface area contributed by atoms with E-state index >= 15 is 0 Å². The quantitative estimate of drug-likeness (QED) is 0.107. The van der Waals surface area contributed by atoms with Gasteiger partial charge in [-0.15, -0.1) is 22.7 Å². The largest absolute Gasteiger partial charge is 0.455 e. The standard InChI is InChI=1S/C46H29N3O.C46H29N3S.C40H25N3S/c1-2-10-30(11-3-1)33-12-8-13-34(28-33)31-20-22-32(23-21-31)41-26-27-47-46(48-41)49-42-18-6-4-14-37(42)40-29-35(24-25-43(40)49)36-16-9-17-39-38-15-5-7-19-44(38)50-45(36)39;1-3-13-30(14-4-1)40-29-41(31-15-5-2-6-16-31)48-46(47-40)33-17-11-18-34(27-33)49-42-23-9-7-19-36(42)39-28-32(25-26-43(39)49)35-21-12-22-38-37-20-8-10-24-44(37)50-45(35)38;1-2-9-26(10-3-1)27-17-19-28(20-18-27)35-23-24-41-40(42-35)43-36-15-6-4-11-31(36)34-25-29(21-22-37(34)43)30-13-8-14-33-32-12-5-7-16-38(32)44-39(30)33/h2*1-29H;1-25H. The van der Waals surface area contributed by atoms with Crippen molar-refractivity contribution in [3.8, 4) is 141 Å². The molecule has 0 unspecified atom stereocenters. The average Bonchev–Trinajstić information content (AvgIpc) is 1.59. The lowest BCUT2D eigenvalue weighted by Crippen LogP contribution is -2.01. The predicted octanol–water partition coefficient (Wildman–Crippen LogP) is 35.7. The van der Waals surface area contributed by atoms with Crippen LogP contribution in [0.25, 0.3) is 268 Å². The van der Waals surface area contributed by atoms with Crippen molar-refractivity contribution in [2.45, 2.75) is 0 Å². The molecule has 0 saturated carbocycles. The van der Waals surface area contributed by atoms with E-state index in [0.717, 1.165) is 128 Å². The highest BCUT2D eigenvalue weighted by atomic mass is 32.1. The number of aromatic nitrogens is 9. The molecule has 10 nitrogen and oxygen atoms in total. The summed E-state index contributed by atoms with van der Waals surface area (Å²) in [7, 11) is 0. The van der Waals surface area contributed by atoms with E-state index < -0.39 is 0 Å². The first kappa shape index (κ1) is 84.6. The van der Waals surface area contributed by atoms with Gasteiger partial charge in [-0.3, -0.25) is 9.13 Å². The number of nitrogens with zero attached hydrogens (tertiary/aromatic N) is 9. The highest BCUT2D eigenvalue weighted by molar-refractivity contribution is 7.26. The Labute approximate surface area is 836 Å². The smallest absolute Gasteiger partial charge is 0.235 e. The molecular formula is C132H83N9OS2. The fraction of sp³-hybridized carbons (Fsp3) is 0. The van der Waals surface area contributed by atoms with Crippen molar-refractivity contribution in [1.29, 1.82) is 0 Å². The Kier molecular flexibility index (Phi) is 21.1. The van der Waals surface area contributed by atoms with Crippen LogP contribution >= 0.6 is 22.7 Å². The van der Waals surface area contributed by atoms with E-state index in [-0.39, 0.29) is 0 Å². The maximum atomic E-state index is 6.40. The molecule has 29 rings (SSSR count). The Morgan fingerprint density at radius 1 is 0.188 bits per heavy atom. The molecule has 0 N–H and O–H groups in total. The summed E-state index contributed by atoms with van der Waals surface area (Å²) in [6.45, 7) is 0. The number of benzene rings is 20. The van der Waals surface area contributed by atoms with Crippen LogP contribution in [-0.2, 0) is 0 Å². The Morgan fingerprint density at radius 3 is 1.02 bits per heavy atom. The first-order valence-corrected chi connectivity index (χ1v) is 50.0. The first-order chi connectivity index (χ1) is 71.4. The zero-order chi connectivity index (χ0) is 95.1. The number of para-hydroxylation sites is 5. The maximum Gasteiger partial charge on any atom is 0.235 e.